The minimum atomic E-state index is -0.333. The van der Waals surface area contributed by atoms with Gasteiger partial charge in [0.05, 0.1) is 6.04 Å². The molecule has 0 bridgehead atoms. The van der Waals surface area contributed by atoms with Gasteiger partial charge in [0, 0.05) is 12.2 Å². The molecular weight excluding hydrogens is 186 g/mol. The first-order valence-corrected chi connectivity index (χ1v) is 5.39. The van der Waals surface area contributed by atoms with E-state index in [2.05, 4.69) is 5.32 Å². The van der Waals surface area contributed by atoms with E-state index in [1.165, 1.54) is 0 Å². The number of hydrogen-bond acceptors (Lipinski definition) is 3. The van der Waals surface area contributed by atoms with Crippen LogP contribution in [0.5, 0.6) is 0 Å². The van der Waals surface area contributed by atoms with Crippen molar-refractivity contribution in [1.29, 1.82) is 0 Å². The molecule has 0 radical (unpaired) electrons. The fraction of sp³-hybridized carbons (Fsp3) is 0.556. The van der Waals surface area contributed by atoms with Crippen LogP contribution >= 0.6 is 11.8 Å². The Morgan fingerprint density at radius 3 is 3.23 bits per heavy atom. The summed E-state index contributed by atoms with van der Waals surface area (Å²) >= 11 is 1.56. The molecule has 1 rings (SSSR count). The lowest BCUT2D eigenvalue weighted by molar-refractivity contribution is -0.123. The van der Waals surface area contributed by atoms with Crippen LogP contribution in [0.25, 0.3) is 0 Å². The van der Waals surface area contributed by atoms with Gasteiger partial charge >= 0.3 is 0 Å². The number of rotatable bonds is 1. The zero-order valence-electron chi connectivity index (χ0n) is 7.36. The summed E-state index contributed by atoms with van der Waals surface area (Å²) in [6.07, 6.45) is 5.14. The van der Waals surface area contributed by atoms with Gasteiger partial charge in [-0.15, -0.1) is 11.8 Å². The van der Waals surface area contributed by atoms with Gasteiger partial charge in [0.1, 0.15) is 6.29 Å². The molecule has 0 aromatic rings. The normalized spacial score (nSPS) is 27.4. The Bertz CT molecular complexity index is 216. The molecule has 13 heavy (non-hydrogen) atoms. The van der Waals surface area contributed by atoms with Crippen LogP contribution in [0.1, 0.15) is 19.3 Å². The zero-order chi connectivity index (χ0) is 9.52. The first-order valence-electron chi connectivity index (χ1n) is 4.34. The average Bonchev–Trinajstić information content (AvgIpc) is 2.15. The van der Waals surface area contributed by atoms with Gasteiger partial charge in [-0.1, -0.05) is 6.08 Å². The van der Waals surface area contributed by atoms with E-state index < -0.39 is 0 Å². The van der Waals surface area contributed by atoms with Crippen molar-refractivity contribution in [2.24, 2.45) is 0 Å². The maximum Gasteiger partial charge on any atom is 0.220 e. The third-order valence-electron chi connectivity index (χ3n) is 1.75. The third-order valence-corrected chi connectivity index (χ3v) is 2.69. The second-order valence-electron chi connectivity index (χ2n) is 2.91. The van der Waals surface area contributed by atoms with Gasteiger partial charge in [0.25, 0.3) is 0 Å². The van der Waals surface area contributed by atoms with E-state index in [-0.39, 0.29) is 11.9 Å². The number of nitrogens with one attached hydrogen (secondary N) is 1. The van der Waals surface area contributed by atoms with Gasteiger partial charge < -0.3 is 10.1 Å². The van der Waals surface area contributed by atoms with Crippen LogP contribution in [0, 0.1) is 0 Å². The van der Waals surface area contributed by atoms with Gasteiger partial charge in [-0.05, 0) is 18.2 Å². The van der Waals surface area contributed by atoms with E-state index in [0.29, 0.717) is 12.2 Å². The summed E-state index contributed by atoms with van der Waals surface area (Å²) in [5.74, 6) is 0.610. The maximum absolute atomic E-state index is 11.2. The van der Waals surface area contributed by atoms with Crippen LogP contribution in [0.2, 0.25) is 0 Å². The summed E-state index contributed by atoms with van der Waals surface area (Å²) in [5.41, 5.74) is 0. The van der Waals surface area contributed by atoms with E-state index in [1.807, 2.05) is 11.5 Å². The first-order chi connectivity index (χ1) is 6.33. The van der Waals surface area contributed by atoms with E-state index in [1.54, 1.807) is 11.8 Å². The quantitative estimate of drug-likeness (QED) is 0.643. The van der Waals surface area contributed by atoms with Crippen molar-refractivity contribution in [3.05, 3.63) is 11.5 Å². The molecule has 72 valence electrons. The Labute approximate surface area is 82.0 Å². The molecule has 0 fully saturated rings. The molecule has 1 atom stereocenters. The minimum absolute atomic E-state index is 0.0204. The van der Waals surface area contributed by atoms with Gasteiger partial charge in [-0.25, -0.2) is 0 Å². The topological polar surface area (TPSA) is 46.2 Å². The van der Waals surface area contributed by atoms with E-state index >= 15 is 0 Å². The number of amides is 1. The summed E-state index contributed by atoms with van der Waals surface area (Å²) in [4.78, 5) is 21.7. The Morgan fingerprint density at radius 2 is 2.46 bits per heavy atom. The molecule has 0 aromatic heterocycles. The van der Waals surface area contributed by atoms with Crippen molar-refractivity contribution in [2.45, 2.75) is 25.3 Å². The molecule has 3 nitrogen and oxygen atoms in total. The second-order valence-corrected chi connectivity index (χ2v) is 3.85. The molecule has 0 aliphatic carbocycles. The zero-order valence-corrected chi connectivity index (χ0v) is 8.18. The standard InChI is InChI=1S/C9H13NO2S/c11-6-8-7-13-5-3-1-2-4-9(12)10-8/h3,5-6,8H,1-2,4,7H2,(H,10,12)/b5-3-/t8-/m1/s1. The van der Waals surface area contributed by atoms with Crippen LogP contribution in [0.4, 0.5) is 0 Å². The fourth-order valence-electron chi connectivity index (χ4n) is 1.07. The summed E-state index contributed by atoms with van der Waals surface area (Å²) in [6.45, 7) is 0. The number of carbonyl (C=O) groups is 2. The van der Waals surface area contributed by atoms with Gasteiger partial charge in [-0.2, -0.15) is 0 Å². The van der Waals surface area contributed by atoms with Crippen LogP contribution in [0.3, 0.4) is 0 Å². The van der Waals surface area contributed by atoms with Crippen LogP contribution < -0.4 is 5.32 Å². The number of allylic oxidation sites excluding steroid dienone is 1. The summed E-state index contributed by atoms with van der Waals surface area (Å²) in [5, 5.41) is 4.67. The number of carbonyl (C=O) groups excluding carboxylic acids is 2. The lowest BCUT2D eigenvalue weighted by Gasteiger charge is -2.12. The molecule has 1 aliphatic heterocycles. The predicted molar refractivity (Wildman–Crippen MR) is 53.4 cm³/mol. The molecule has 1 heterocycles. The lowest BCUT2D eigenvalue weighted by Crippen LogP contribution is -2.37. The molecule has 0 aromatic carbocycles. The van der Waals surface area contributed by atoms with Crippen molar-refractivity contribution in [2.75, 3.05) is 5.75 Å². The number of thioether (sulfide) groups is 1. The predicted octanol–water partition coefficient (Wildman–Crippen LogP) is 1.10. The van der Waals surface area contributed by atoms with Crippen LogP contribution in [-0.2, 0) is 9.59 Å². The average molecular weight is 199 g/mol. The van der Waals surface area contributed by atoms with Crippen molar-refractivity contribution >= 4 is 24.0 Å². The molecule has 1 N–H and O–H groups in total. The number of aldehydes is 1. The second kappa shape index (κ2) is 5.80. The molecule has 0 saturated heterocycles. The molecule has 0 spiro atoms. The highest BCUT2D eigenvalue weighted by atomic mass is 32.2. The molecular formula is C9H13NO2S. The van der Waals surface area contributed by atoms with E-state index in [4.69, 9.17) is 0 Å². The maximum atomic E-state index is 11.2. The SMILES string of the molecule is O=C[C@@H]1CS/C=C\CCCC(=O)N1. The third kappa shape index (κ3) is 4.12. The van der Waals surface area contributed by atoms with Crippen molar-refractivity contribution in [3.8, 4) is 0 Å². The Kier molecular flexibility index (Phi) is 4.60. The first kappa shape index (κ1) is 10.3. The lowest BCUT2D eigenvalue weighted by atomic mass is 10.2. The van der Waals surface area contributed by atoms with E-state index in [0.717, 1.165) is 19.1 Å². The Balaban J connectivity index is 2.49. The number of hydrogen-bond donors (Lipinski definition) is 1. The highest BCUT2D eigenvalue weighted by Gasteiger charge is 2.10. The van der Waals surface area contributed by atoms with Crippen molar-refractivity contribution in [3.63, 3.8) is 0 Å². The van der Waals surface area contributed by atoms with Gasteiger partial charge in [0.15, 0.2) is 0 Å². The fourth-order valence-corrected chi connectivity index (χ4v) is 1.82. The van der Waals surface area contributed by atoms with Crippen molar-refractivity contribution in [1.82, 2.24) is 5.32 Å². The molecule has 1 amide bonds. The Morgan fingerprint density at radius 1 is 1.62 bits per heavy atom. The monoisotopic (exact) mass is 199 g/mol. The molecule has 4 heteroatoms. The van der Waals surface area contributed by atoms with Crippen molar-refractivity contribution < 1.29 is 9.59 Å². The summed E-state index contributed by atoms with van der Waals surface area (Å²) < 4.78 is 0. The van der Waals surface area contributed by atoms with E-state index in [9.17, 15) is 9.59 Å². The highest BCUT2D eigenvalue weighted by molar-refractivity contribution is 8.02. The van der Waals surface area contributed by atoms with Gasteiger partial charge in [-0.3, -0.25) is 4.79 Å². The molecule has 0 unspecified atom stereocenters. The minimum Gasteiger partial charge on any atom is -0.346 e. The summed E-state index contributed by atoms with van der Waals surface area (Å²) in [6, 6.07) is -0.333. The van der Waals surface area contributed by atoms with Crippen LogP contribution in [-0.4, -0.2) is 24.0 Å². The molecule has 0 saturated carbocycles. The highest BCUT2D eigenvalue weighted by Crippen LogP contribution is 2.08. The molecule has 1 aliphatic rings. The summed E-state index contributed by atoms with van der Waals surface area (Å²) in [7, 11) is 0. The van der Waals surface area contributed by atoms with Crippen LogP contribution in [0.15, 0.2) is 11.5 Å². The largest absolute Gasteiger partial charge is 0.346 e. The van der Waals surface area contributed by atoms with Gasteiger partial charge in [0.2, 0.25) is 5.91 Å². The Hall–Kier alpha value is -0.770. The smallest absolute Gasteiger partial charge is 0.220 e.